The van der Waals surface area contributed by atoms with Crippen molar-refractivity contribution < 1.29 is 4.74 Å². The Hall–Kier alpha value is -0.440. The molecular formula is C13H17Cl2NO. The van der Waals surface area contributed by atoms with Gasteiger partial charge in [-0.3, -0.25) is 0 Å². The maximum Gasteiger partial charge on any atom is 0.139 e. The quantitative estimate of drug-likeness (QED) is 0.906. The van der Waals surface area contributed by atoms with E-state index in [-0.39, 0.29) is 11.5 Å². The van der Waals surface area contributed by atoms with Crippen molar-refractivity contribution in [3.63, 3.8) is 0 Å². The van der Waals surface area contributed by atoms with E-state index in [4.69, 9.17) is 27.9 Å². The first kappa shape index (κ1) is 13.0. The topological polar surface area (TPSA) is 21.3 Å². The highest BCUT2D eigenvalue weighted by Gasteiger charge is 2.49. The van der Waals surface area contributed by atoms with E-state index in [2.05, 4.69) is 19.2 Å². The van der Waals surface area contributed by atoms with Crippen molar-refractivity contribution in [2.24, 2.45) is 5.41 Å². The minimum Gasteiger partial charge on any atom is -0.488 e. The number of ether oxygens (including phenoxy) is 1. The first-order valence-corrected chi connectivity index (χ1v) is 6.49. The van der Waals surface area contributed by atoms with Gasteiger partial charge in [-0.15, -0.1) is 0 Å². The number of hydrogen-bond acceptors (Lipinski definition) is 2. The van der Waals surface area contributed by atoms with Crippen LogP contribution in [0.25, 0.3) is 0 Å². The summed E-state index contributed by atoms with van der Waals surface area (Å²) in [6.45, 7) is 4.39. The Balaban J connectivity index is 2.10. The molecule has 2 unspecified atom stereocenters. The average molecular weight is 274 g/mol. The summed E-state index contributed by atoms with van der Waals surface area (Å²) in [5.74, 6) is 0.673. The van der Waals surface area contributed by atoms with Gasteiger partial charge in [-0.1, -0.05) is 37.0 Å². The lowest BCUT2D eigenvalue weighted by molar-refractivity contribution is -0.0520. The third-order valence-corrected chi connectivity index (χ3v) is 4.24. The lowest BCUT2D eigenvalue weighted by Gasteiger charge is -2.51. The van der Waals surface area contributed by atoms with Gasteiger partial charge >= 0.3 is 0 Å². The molecule has 1 N–H and O–H groups in total. The molecule has 4 heteroatoms. The van der Waals surface area contributed by atoms with E-state index in [1.807, 2.05) is 7.05 Å². The van der Waals surface area contributed by atoms with Crippen molar-refractivity contribution in [3.8, 4) is 5.75 Å². The first-order valence-electron chi connectivity index (χ1n) is 5.74. The third-order valence-electron chi connectivity index (χ3n) is 3.69. The summed E-state index contributed by atoms with van der Waals surface area (Å²) in [4.78, 5) is 0. The number of benzene rings is 1. The molecule has 94 valence electrons. The second-order valence-electron chi connectivity index (χ2n) is 5.08. The molecular weight excluding hydrogens is 257 g/mol. The Morgan fingerprint density at radius 3 is 2.65 bits per heavy atom. The summed E-state index contributed by atoms with van der Waals surface area (Å²) in [6, 6.07) is 5.79. The fourth-order valence-corrected chi connectivity index (χ4v) is 2.62. The summed E-state index contributed by atoms with van der Waals surface area (Å²) < 4.78 is 5.95. The van der Waals surface area contributed by atoms with Crippen molar-refractivity contribution in [2.75, 3.05) is 7.05 Å². The SMILES string of the molecule is CNC1CC(Oc2cc(Cl)ccc2Cl)C1(C)C. The smallest absolute Gasteiger partial charge is 0.139 e. The molecule has 1 aliphatic carbocycles. The van der Waals surface area contributed by atoms with Crippen molar-refractivity contribution in [1.29, 1.82) is 0 Å². The maximum absolute atomic E-state index is 6.09. The summed E-state index contributed by atoms with van der Waals surface area (Å²) in [7, 11) is 1.98. The van der Waals surface area contributed by atoms with Gasteiger partial charge in [-0.2, -0.15) is 0 Å². The number of nitrogens with one attached hydrogen (secondary N) is 1. The van der Waals surface area contributed by atoms with Crippen LogP contribution in [-0.4, -0.2) is 19.2 Å². The van der Waals surface area contributed by atoms with Gasteiger partial charge in [0.2, 0.25) is 0 Å². The van der Waals surface area contributed by atoms with Gasteiger partial charge in [-0.05, 0) is 19.2 Å². The van der Waals surface area contributed by atoms with Gasteiger partial charge < -0.3 is 10.1 Å². The van der Waals surface area contributed by atoms with E-state index in [0.717, 1.165) is 6.42 Å². The van der Waals surface area contributed by atoms with E-state index in [1.54, 1.807) is 18.2 Å². The van der Waals surface area contributed by atoms with E-state index < -0.39 is 0 Å². The number of hydrogen-bond donors (Lipinski definition) is 1. The molecule has 1 fully saturated rings. The highest BCUT2D eigenvalue weighted by molar-refractivity contribution is 6.34. The Kier molecular flexibility index (Phi) is 3.58. The van der Waals surface area contributed by atoms with Crippen LogP contribution >= 0.6 is 23.2 Å². The van der Waals surface area contributed by atoms with E-state index in [0.29, 0.717) is 21.8 Å². The fraction of sp³-hybridized carbons (Fsp3) is 0.538. The van der Waals surface area contributed by atoms with Gasteiger partial charge in [-0.25, -0.2) is 0 Å². The van der Waals surface area contributed by atoms with Crippen molar-refractivity contribution in [1.82, 2.24) is 5.32 Å². The zero-order valence-electron chi connectivity index (χ0n) is 10.3. The van der Waals surface area contributed by atoms with Crippen LogP contribution in [0.5, 0.6) is 5.75 Å². The number of halogens is 2. The van der Waals surface area contributed by atoms with Crippen LogP contribution in [0, 0.1) is 5.41 Å². The van der Waals surface area contributed by atoms with E-state index in [1.165, 1.54) is 0 Å². The standard InChI is InChI=1S/C13H17Cl2NO/c1-13(2)11(16-3)7-12(13)17-10-6-8(14)4-5-9(10)15/h4-6,11-12,16H,7H2,1-3H3. The molecule has 1 aliphatic rings. The first-order chi connectivity index (χ1) is 7.95. The highest BCUT2D eigenvalue weighted by Crippen LogP contribution is 2.44. The maximum atomic E-state index is 6.09. The summed E-state index contributed by atoms with van der Waals surface area (Å²) in [5.41, 5.74) is 0.112. The third kappa shape index (κ3) is 2.40. The molecule has 17 heavy (non-hydrogen) atoms. The molecule has 0 aliphatic heterocycles. The number of rotatable bonds is 3. The zero-order chi connectivity index (χ0) is 12.6. The zero-order valence-corrected chi connectivity index (χ0v) is 11.8. The molecule has 1 saturated carbocycles. The van der Waals surface area contributed by atoms with Gasteiger partial charge in [0.1, 0.15) is 11.9 Å². The second kappa shape index (κ2) is 4.68. The molecule has 2 rings (SSSR count). The Morgan fingerprint density at radius 1 is 1.35 bits per heavy atom. The molecule has 2 nitrogen and oxygen atoms in total. The molecule has 0 aromatic heterocycles. The Morgan fingerprint density at radius 2 is 2.06 bits per heavy atom. The lowest BCUT2D eigenvalue weighted by Crippen LogP contribution is -2.61. The van der Waals surface area contributed by atoms with Crippen LogP contribution in [0.3, 0.4) is 0 Å². The predicted molar refractivity (Wildman–Crippen MR) is 72.1 cm³/mol. The van der Waals surface area contributed by atoms with Crippen molar-refractivity contribution in [3.05, 3.63) is 28.2 Å². The van der Waals surface area contributed by atoms with Crippen molar-refractivity contribution in [2.45, 2.75) is 32.4 Å². The Labute approximate surface area is 112 Å². The van der Waals surface area contributed by atoms with Crippen LogP contribution in [0.15, 0.2) is 18.2 Å². The van der Waals surface area contributed by atoms with Crippen LogP contribution in [0.2, 0.25) is 10.0 Å². The summed E-state index contributed by atoms with van der Waals surface area (Å²) >= 11 is 12.0. The monoisotopic (exact) mass is 273 g/mol. The van der Waals surface area contributed by atoms with E-state index in [9.17, 15) is 0 Å². The van der Waals surface area contributed by atoms with Crippen LogP contribution in [-0.2, 0) is 0 Å². The minimum atomic E-state index is 0.112. The van der Waals surface area contributed by atoms with Gasteiger partial charge in [0.05, 0.1) is 5.02 Å². The molecule has 0 heterocycles. The summed E-state index contributed by atoms with van der Waals surface area (Å²) in [6.07, 6.45) is 1.17. The van der Waals surface area contributed by atoms with Gasteiger partial charge in [0, 0.05) is 29.0 Å². The van der Waals surface area contributed by atoms with E-state index >= 15 is 0 Å². The molecule has 0 bridgehead atoms. The highest BCUT2D eigenvalue weighted by atomic mass is 35.5. The van der Waals surface area contributed by atoms with Gasteiger partial charge in [0.25, 0.3) is 0 Å². The van der Waals surface area contributed by atoms with Crippen molar-refractivity contribution >= 4 is 23.2 Å². The van der Waals surface area contributed by atoms with Crippen LogP contribution in [0.1, 0.15) is 20.3 Å². The predicted octanol–water partition coefficient (Wildman–Crippen LogP) is 3.76. The fourth-order valence-electron chi connectivity index (χ4n) is 2.30. The lowest BCUT2D eigenvalue weighted by atomic mass is 9.64. The molecule has 1 aromatic rings. The summed E-state index contributed by atoms with van der Waals surface area (Å²) in [5, 5.41) is 4.55. The molecule has 2 atom stereocenters. The largest absolute Gasteiger partial charge is 0.488 e. The van der Waals surface area contributed by atoms with Gasteiger partial charge in [0.15, 0.2) is 0 Å². The molecule has 0 saturated heterocycles. The molecule has 0 amide bonds. The minimum absolute atomic E-state index is 0.112. The molecule has 0 radical (unpaired) electrons. The molecule has 1 aromatic carbocycles. The molecule has 0 spiro atoms. The second-order valence-corrected chi connectivity index (χ2v) is 5.92. The van der Waals surface area contributed by atoms with Crippen LogP contribution < -0.4 is 10.1 Å². The van der Waals surface area contributed by atoms with Crippen LogP contribution in [0.4, 0.5) is 0 Å². The Bertz CT molecular complexity index is 420. The normalized spacial score (nSPS) is 26.4. The average Bonchev–Trinajstić information content (AvgIpc) is 2.28.